The van der Waals surface area contributed by atoms with Crippen molar-refractivity contribution in [2.75, 3.05) is 0 Å². The standard InChI is InChI=1S/C13H7ClN2O2/c14-11-5-3-9(4-6-11)13(17)18-12-10(8-15)2-1-7-16-12/h1-7H. The molecule has 0 aliphatic rings. The topological polar surface area (TPSA) is 63.0 Å². The number of carbonyl (C=O) groups excluding carboxylic acids is 1. The number of hydrogen-bond donors (Lipinski definition) is 0. The summed E-state index contributed by atoms with van der Waals surface area (Å²) in [4.78, 5) is 15.6. The van der Waals surface area contributed by atoms with Gasteiger partial charge in [-0.25, -0.2) is 9.78 Å². The van der Waals surface area contributed by atoms with Crippen molar-refractivity contribution >= 4 is 17.6 Å². The lowest BCUT2D eigenvalue weighted by atomic mass is 10.2. The summed E-state index contributed by atoms with van der Waals surface area (Å²) in [5, 5.41) is 9.37. The summed E-state index contributed by atoms with van der Waals surface area (Å²) in [7, 11) is 0. The Morgan fingerprint density at radius 2 is 2.00 bits per heavy atom. The van der Waals surface area contributed by atoms with Crippen molar-refractivity contribution in [2.24, 2.45) is 0 Å². The Hall–Kier alpha value is -2.38. The third-order valence-corrected chi connectivity index (χ3v) is 2.41. The van der Waals surface area contributed by atoms with Crippen molar-refractivity contribution in [2.45, 2.75) is 0 Å². The normalized spacial score (nSPS) is 9.56. The monoisotopic (exact) mass is 258 g/mol. The molecule has 5 heteroatoms. The van der Waals surface area contributed by atoms with Crippen molar-refractivity contribution in [1.82, 2.24) is 4.98 Å². The van der Waals surface area contributed by atoms with Crippen LogP contribution >= 0.6 is 11.6 Å². The summed E-state index contributed by atoms with van der Waals surface area (Å²) in [6.45, 7) is 0. The van der Waals surface area contributed by atoms with E-state index in [1.807, 2.05) is 6.07 Å². The molecule has 88 valence electrons. The van der Waals surface area contributed by atoms with Crippen molar-refractivity contribution in [1.29, 1.82) is 5.26 Å². The minimum Gasteiger partial charge on any atom is -0.402 e. The molecular formula is C13H7ClN2O2. The Balaban J connectivity index is 2.22. The average Bonchev–Trinajstić information content (AvgIpc) is 2.40. The molecular weight excluding hydrogens is 252 g/mol. The summed E-state index contributed by atoms with van der Waals surface area (Å²) in [5.74, 6) is -0.582. The van der Waals surface area contributed by atoms with Crippen LogP contribution in [-0.4, -0.2) is 11.0 Å². The Morgan fingerprint density at radius 1 is 1.28 bits per heavy atom. The Bertz CT molecular complexity index is 618. The van der Waals surface area contributed by atoms with Crippen molar-refractivity contribution in [3.8, 4) is 11.9 Å². The molecule has 0 bridgehead atoms. The van der Waals surface area contributed by atoms with Gasteiger partial charge in [0.05, 0.1) is 5.56 Å². The summed E-state index contributed by atoms with van der Waals surface area (Å²) >= 11 is 5.72. The number of hydrogen-bond acceptors (Lipinski definition) is 4. The van der Waals surface area contributed by atoms with Gasteiger partial charge in [0, 0.05) is 11.2 Å². The molecule has 0 fully saturated rings. The fourth-order valence-corrected chi connectivity index (χ4v) is 1.42. The molecule has 0 aliphatic heterocycles. The summed E-state index contributed by atoms with van der Waals surface area (Å²) in [6.07, 6.45) is 1.45. The molecule has 2 rings (SSSR count). The van der Waals surface area contributed by atoms with Gasteiger partial charge in [-0.15, -0.1) is 0 Å². The highest BCUT2D eigenvalue weighted by molar-refractivity contribution is 6.30. The molecule has 0 spiro atoms. The van der Waals surface area contributed by atoms with Gasteiger partial charge in [0.1, 0.15) is 11.6 Å². The molecule has 0 atom stereocenters. The van der Waals surface area contributed by atoms with Gasteiger partial charge in [0.2, 0.25) is 5.88 Å². The highest BCUT2D eigenvalue weighted by Crippen LogP contribution is 2.16. The second kappa shape index (κ2) is 5.30. The molecule has 0 aliphatic carbocycles. The maximum absolute atomic E-state index is 11.8. The first-order valence-electron chi connectivity index (χ1n) is 5.03. The summed E-state index contributed by atoms with van der Waals surface area (Å²) < 4.78 is 5.05. The average molecular weight is 259 g/mol. The first-order valence-corrected chi connectivity index (χ1v) is 5.41. The molecule has 1 heterocycles. The van der Waals surface area contributed by atoms with Gasteiger partial charge in [-0.3, -0.25) is 0 Å². The Morgan fingerprint density at radius 3 is 2.67 bits per heavy atom. The van der Waals surface area contributed by atoms with E-state index in [0.29, 0.717) is 10.6 Å². The third-order valence-electron chi connectivity index (χ3n) is 2.16. The van der Waals surface area contributed by atoms with Gasteiger partial charge in [-0.1, -0.05) is 11.6 Å². The number of halogens is 1. The largest absolute Gasteiger partial charge is 0.402 e. The van der Waals surface area contributed by atoms with Gasteiger partial charge in [0.15, 0.2) is 0 Å². The van der Waals surface area contributed by atoms with Crippen LogP contribution in [0, 0.1) is 11.3 Å². The van der Waals surface area contributed by atoms with Crippen LogP contribution in [0.4, 0.5) is 0 Å². The van der Waals surface area contributed by atoms with Crippen molar-refractivity contribution in [3.63, 3.8) is 0 Å². The summed E-state index contributed by atoms with van der Waals surface area (Å²) in [6, 6.07) is 11.3. The van der Waals surface area contributed by atoms with Crippen LogP contribution in [0.2, 0.25) is 5.02 Å². The second-order valence-corrected chi connectivity index (χ2v) is 3.80. The maximum atomic E-state index is 11.8. The molecule has 4 nitrogen and oxygen atoms in total. The van der Waals surface area contributed by atoms with Crippen LogP contribution in [0.5, 0.6) is 5.88 Å². The van der Waals surface area contributed by atoms with E-state index in [4.69, 9.17) is 21.6 Å². The van der Waals surface area contributed by atoms with Crippen molar-refractivity contribution < 1.29 is 9.53 Å². The number of ether oxygens (including phenoxy) is 1. The molecule has 18 heavy (non-hydrogen) atoms. The van der Waals surface area contributed by atoms with Gasteiger partial charge in [-0.05, 0) is 36.4 Å². The first-order chi connectivity index (χ1) is 8.70. The number of aromatic nitrogens is 1. The molecule has 0 saturated heterocycles. The smallest absolute Gasteiger partial charge is 0.344 e. The Labute approximate surface area is 108 Å². The van der Waals surface area contributed by atoms with E-state index in [-0.39, 0.29) is 11.4 Å². The number of pyridine rings is 1. The van der Waals surface area contributed by atoms with Gasteiger partial charge >= 0.3 is 5.97 Å². The predicted molar refractivity (Wildman–Crippen MR) is 65.4 cm³/mol. The minimum atomic E-state index is -0.582. The molecule has 0 N–H and O–H groups in total. The SMILES string of the molecule is N#Cc1cccnc1OC(=O)c1ccc(Cl)cc1. The molecule has 2 aromatic rings. The van der Waals surface area contributed by atoms with Gasteiger partial charge in [-0.2, -0.15) is 5.26 Å². The maximum Gasteiger partial charge on any atom is 0.344 e. The zero-order chi connectivity index (χ0) is 13.0. The van der Waals surface area contributed by atoms with E-state index in [1.165, 1.54) is 12.3 Å². The van der Waals surface area contributed by atoms with Crippen LogP contribution in [0.3, 0.4) is 0 Å². The molecule has 0 radical (unpaired) electrons. The van der Waals surface area contributed by atoms with Crippen LogP contribution in [0.25, 0.3) is 0 Å². The van der Waals surface area contributed by atoms with Gasteiger partial charge < -0.3 is 4.74 Å². The lowest BCUT2D eigenvalue weighted by Crippen LogP contribution is -2.10. The molecule has 0 amide bonds. The molecule has 1 aromatic carbocycles. The van der Waals surface area contributed by atoms with Crippen LogP contribution in [0.15, 0.2) is 42.6 Å². The number of nitriles is 1. The number of benzene rings is 1. The van der Waals surface area contributed by atoms with E-state index in [2.05, 4.69) is 4.98 Å². The van der Waals surface area contributed by atoms with E-state index < -0.39 is 5.97 Å². The van der Waals surface area contributed by atoms with E-state index >= 15 is 0 Å². The van der Waals surface area contributed by atoms with Crippen LogP contribution < -0.4 is 4.74 Å². The first kappa shape index (κ1) is 12.1. The second-order valence-electron chi connectivity index (χ2n) is 3.36. The third kappa shape index (κ3) is 2.65. The molecule has 0 unspecified atom stereocenters. The van der Waals surface area contributed by atoms with Crippen LogP contribution in [0.1, 0.15) is 15.9 Å². The van der Waals surface area contributed by atoms with Crippen LogP contribution in [-0.2, 0) is 0 Å². The number of nitrogens with zero attached hydrogens (tertiary/aromatic N) is 2. The minimum absolute atomic E-state index is 0.0000463. The molecule has 1 aromatic heterocycles. The summed E-state index contributed by atoms with van der Waals surface area (Å²) in [5.41, 5.74) is 0.550. The zero-order valence-corrected chi connectivity index (χ0v) is 9.89. The Kier molecular flexibility index (Phi) is 3.56. The lowest BCUT2D eigenvalue weighted by molar-refractivity contribution is 0.0727. The highest BCUT2D eigenvalue weighted by Gasteiger charge is 2.12. The number of rotatable bonds is 2. The van der Waals surface area contributed by atoms with Crippen molar-refractivity contribution in [3.05, 3.63) is 58.7 Å². The fourth-order valence-electron chi connectivity index (χ4n) is 1.29. The zero-order valence-electron chi connectivity index (χ0n) is 9.13. The quantitative estimate of drug-likeness (QED) is 0.777. The highest BCUT2D eigenvalue weighted by atomic mass is 35.5. The number of carbonyl (C=O) groups is 1. The molecule has 0 saturated carbocycles. The van der Waals surface area contributed by atoms with Gasteiger partial charge in [0.25, 0.3) is 0 Å². The van der Waals surface area contributed by atoms with E-state index in [9.17, 15) is 4.79 Å². The predicted octanol–water partition coefficient (Wildman–Crippen LogP) is 2.83. The lowest BCUT2D eigenvalue weighted by Gasteiger charge is -2.04. The fraction of sp³-hybridized carbons (Fsp3) is 0. The van der Waals surface area contributed by atoms with E-state index in [1.54, 1.807) is 30.3 Å². The number of esters is 1. The van der Waals surface area contributed by atoms with E-state index in [0.717, 1.165) is 0 Å².